The van der Waals surface area contributed by atoms with Crippen LogP contribution in [0.2, 0.25) is 0 Å². The number of nitrogens with zero attached hydrogens (tertiary/aromatic N) is 3. The second-order valence-corrected chi connectivity index (χ2v) is 8.46. The molecule has 0 bridgehead atoms. The fourth-order valence-electron chi connectivity index (χ4n) is 2.76. The number of hydrogen-bond donors (Lipinski definition) is 0. The van der Waals surface area contributed by atoms with E-state index in [1.807, 2.05) is 84.9 Å². The molecule has 0 radical (unpaired) electrons. The summed E-state index contributed by atoms with van der Waals surface area (Å²) >= 11 is 2.98. The predicted molar refractivity (Wildman–Crippen MR) is 127 cm³/mol. The van der Waals surface area contributed by atoms with Gasteiger partial charge in [-0.2, -0.15) is 0 Å². The van der Waals surface area contributed by atoms with Crippen molar-refractivity contribution in [3.63, 3.8) is 0 Å². The molecule has 2 aromatic heterocycles. The van der Waals surface area contributed by atoms with Crippen LogP contribution in [-0.4, -0.2) is 23.4 Å². The Morgan fingerprint density at radius 2 is 1.13 bits per heavy atom. The predicted octanol–water partition coefficient (Wildman–Crippen LogP) is 6.89. The molecule has 2 heterocycles. The van der Waals surface area contributed by atoms with Gasteiger partial charge in [0.15, 0.2) is 0 Å². The topological polar surface area (TPSA) is 67.9 Å². The number of thiophene rings is 2. The van der Waals surface area contributed by atoms with Gasteiger partial charge in [-0.05, 0) is 35.4 Å². The van der Waals surface area contributed by atoms with E-state index in [1.165, 1.54) is 35.1 Å². The average Bonchev–Trinajstić information content (AvgIpc) is 3.45. The summed E-state index contributed by atoms with van der Waals surface area (Å²) < 4.78 is 0. The highest BCUT2D eigenvalue weighted by Crippen LogP contribution is 2.34. The Bertz CT molecular complexity index is 1090. The molecule has 0 amide bonds. The molecule has 0 spiro atoms. The van der Waals surface area contributed by atoms with Crippen molar-refractivity contribution in [3.8, 4) is 20.9 Å². The van der Waals surface area contributed by atoms with Crippen molar-refractivity contribution < 1.29 is 4.92 Å². The number of nitro groups is 1. The van der Waals surface area contributed by atoms with Crippen LogP contribution in [-0.2, 0) is 0 Å². The molecule has 2 aromatic carbocycles. The van der Waals surface area contributed by atoms with E-state index in [2.05, 4.69) is 9.98 Å². The van der Waals surface area contributed by atoms with Gasteiger partial charge in [0.2, 0.25) is 0 Å². The largest absolute Gasteiger partial charge is 0.283 e. The van der Waals surface area contributed by atoms with Gasteiger partial charge in [-0.1, -0.05) is 60.7 Å². The highest BCUT2D eigenvalue weighted by molar-refractivity contribution is 7.19. The first kappa shape index (κ1) is 19.9. The molecule has 0 fully saturated rings. The maximum atomic E-state index is 11.4. The second-order valence-electron chi connectivity index (χ2n) is 6.34. The van der Waals surface area contributed by atoms with Gasteiger partial charge in [0.05, 0.1) is 12.4 Å². The van der Waals surface area contributed by atoms with Crippen LogP contribution in [0.15, 0.2) is 94.9 Å². The lowest BCUT2D eigenvalue weighted by Crippen LogP contribution is -2.22. The Morgan fingerprint density at radius 1 is 0.700 bits per heavy atom. The van der Waals surface area contributed by atoms with Crippen LogP contribution < -0.4 is 0 Å². The molecule has 0 aliphatic heterocycles. The molecule has 30 heavy (non-hydrogen) atoms. The van der Waals surface area contributed by atoms with Gasteiger partial charge < -0.3 is 0 Å². The van der Waals surface area contributed by atoms with Crippen LogP contribution in [0.5, 0.6) is 0 Å². The SMILES string of the molecule is O=[N+]([O-])C(/C=N/c1ccc(-c2ccccc2)s1)/C=N/c1ccc(-c2ccccc2)s1. The number of hydrogen-bond acceptors (Lipinski definition) is 6. The summed E-state index contributed by atoms with van der Waals surface area (Å²) in [7, 11) is 0. The molecule has 7 heteroatoms. The number of benzene rings is 2. The zero-order valence-corrected chi connectivity index (χ0v) is 17.4. The molecule has 0 saturated heterocycles. The zero-order valence-electron chi connectivity index (χ0n) is 15.8. The third kappa shape index (κ3) is 4.94. The zero-order chi connectivity index (χ0) is 20.8. The minimum absolute atomic E-state index is 0.398. The molecule has 4 rings (SSSR count). The molecule has 0 N–H and O–H groups in total. The smallest absolute Gasteiger partial charge is 0.263 e. The summed E-state index contributed by atoms with van der Waals surface area (Å²) in [5, 5.41) is 12.9. The fraction of sp³-hybridized carbons (Fsp3) is 0.0435. The van der Waals surface area contributed by atoms with Gasteiger partial charge in [-0.3, -0.25) is 10.1 Å². The first-order valence-electron chi connectivity index (χ1n) is 9.21. The molecule has 0 saturated carbocycles. The summed E-state index contributed by atoms with van der Waals surface area (Å²) in [4.78, 5) is 21.8. The van der Waals surface area contributed by atoms with Gasteiger partial charge in [-0.25, -0.2) is 9.98 Å². The van der Waals surface area contributed by atoms with Crippen molar-refractivity contribution >= 4 is 45.1 Å². The van der Waals surface area contributed by atoms with Gasteiger partial charge in [0, 0.05) is 14.7 Å². The lowest BCUT2D eigenvalue weighted by Gasteiger charge is -1.97. The normalized spacial score (nSPS) is 11.6. The molecule has 0 atom stereocenters. The van der Waals surface area contributed by atoms with Gasteiger partial charge in [0.1, 0.15) is 10.0 Å². The molecule has 5 nitrogen and oxygen atoms in total. The van der Waals surface area contributed by atoms with Crippen molar-refractivity contribution in [2.24, 2.45) is 9.98 Å². The van der Waals surface area contributed by atoms with Crippen LogP contribution in [0.25, 0.3) is 20.9 Å². The minimum Gasteiger partial charge on any atom is -0.263 e. The summed E-state index contributed by atoms with van der Waals surface area (Å²) in [5.41, 5.74) is 2.20. The molecule has 0 aliphatic carbocycles. The average molecular weight is 432 g/mol. The van der Waals surface area contributed by atoms with E-state index >= 15 is 0 Å². The molecule has 4 aromatic rings. The van der Waals surface area contributed by atoms with E-state index in [4.69, 9.17) is 0 Å². The Morgan fingerprint density at radius 3 is 1.53 bits per heavy atom. The summed E-state index contributed by atoms with van der Waals surface area (Å²) in [6.45, 7) is 0. The fourth-order valence-corrected chi connectivity index (χ4v) is 4.49. The molecule has 0 aliphatic rings. The van der Waals surface area contributed by atoms with Crippen molar-refractivity contribution in [3.05, 3.63) is 95.0 Å². The standard InChI is InChI=1S/C23H17N3O2S2/c27-26(28)19(15-24-22-13-11-20(29-22)17-7-3-1-4-8-17)16-25-23-14-12-21(30-23)18-9-5-2-6-10-18/h1-16,19H/b24-15+,25-16+. The van der Waals surface area contributed by atoms with Crippen molar-refractivity contribution in [1.82, 2.24) is 0 Å². The van der Waals surface area contributed by atoms with E-state index in [-0.39, 0.29) is 0 Å². The Balaban J connectivity index is 1.46. The van der Waals surface area contributed by atoms with Crippen molar-refractivity contribution in [2.45, 2.75) is 6.04 Å². The monoisotopic (exact) mass is 431 g/mol. The van der Waals surface area contributed by atoms with Gasteiger partial charge in [-0.15, -0.1) is 22.7 Å². The lowest BCUT2D eigenvalue weighted by atomic mass is 10.2. The molecular formula is C23H17N3O2S2. The van der Waals surface area contributed by atoms with Crippen LogP contribution in [0, 0.1) is 10.1 Å². The number of aliphatic imine (C=N–C) groups is 2. The van der Waals surface area contributed by atoms with E-state index < -0.39 is 11.0 Å². The van der Waals surface area contributed by atoms with E-state index in [0.717, 1.165) is 30.9 Å². The molecule has 0 unspecified atom stereocenters. The van der Waals surface area contributed by atoms with Crippen LogP contribution >= 0.6 is 22.7 Å². The summed E-state index contributed by atoms with van der Waals surface area (Å²) in [5.74, 6) is 0. The van der Waals surface area contributed by atoms with Gasteiger partial charge in [0.25, 0.3) is 6.04 Å². The molecule has 148 valence electrons. The number of rotatable bonds is 7. The first-order chi connectivity index (χ1) is 14.7. The van der Waals surface area contributed by atoms with Gasteiger partial charge >= 0.3 is 0 Å². The first-order valence-corrected chi connectivity index (χ1v) is 10.8. The van der Waals surface area contributed by atoms with Crippen molar-refractivity contribution in [2.75, 3.05) is 0 Å². The van der Waals surface area contributed by atoms with Crippen LogP contribution in [0.1, 0.15) is 0 Å². The van der Waals surface area contributed by atoms with E-state index in [9.17, 15) is 10.1 Å². The van der Waals surface area contributed by atoms with Crippen LogP contribution in [0.4, 0.5) is 10.0 Å². The quantitative estimate of drug-likeness (QED) is 0.181. The summed E-state index contributed by atoms with van der Waals surface area (Å²) in [6.07, 6.45) is 2.66. The molecular weight excluding hydrogens is 414 g/mol. The maximum Gasteiger partial charge on any atom is 0.283 e. The summed E-state index contributed by atoms with van der Waals surface area (Å²) in [6, 6.07) is 26.5. The second kappa shape index (κ2) is 9.39. The minimum atomic E-state index is -1.09. The van der Waals surface area contributed by atoms with Crippen LogP contribution in [0.3, 0.4) is 0 Å². The third-order valence-corrected chi connectivity index (χ3v) is 6.34. The Labute approximate surface area is 181 Å². The lowest BCUT2D eigenvalue weighted by molar-refractivity contribution is -0.482. The maximum absolute atomic E-state index is 11.4. The third-order valence-electron chi connectivity index (χ3n) is 4.25. The van der Waals surface area contributed by atoms with Crippen molar-refractivity contribution in [1.29, 1.82) is 0 Å². The van der Waals surface area contributed by atoms with E-state index in [0.29, 0.717) is 0 Å². The highest BCUT2D eigenvalue weighted by Gasteiger charge is 2.14. The van der Waals surface area contributed by atoms with E-state index in [1.54, 1.807) is 0 Å². The highest BCUT2D eigenvalue weighted by atomic mass is 32.1. The Kier molecular flexibility index (Phi) is 6.22. The Hall–Kier alpha value is -3.42.